The Bertz CT molecular complexity index is 1320. The summed E-state index contributed by atoms with van der Waals surface area (Å²) in [6, 6.07) is 2.71. The lowest BCUT2D eigenvalue weighted by Gasteiger charge is -2.30. The van der Waals surface area contributed by atoms with Gasteiger partial charge < -0.3 is 25.8 Å². The Balaban J connectivity index is 1.36. The van der Waals surface area contributed by atoms with Gasteiger partial charge in [-0.05, 0) is 59.2 Å². The van der Waals surface area contributed by atoms with E-state index in [2.05, 4.69) is 42.7 Å². The first kappa shape index (κ1) is 29.9. The van der Waals surface area contributed by atoms with Gasteiger partial charge in [-0.2, -0.15) is 9.37 Å². The van der Waals surface area contributed by atoms with Crippen molar-refractivity contribution in [2.24, 2.45) is 5.92 Å². The van der Waals surface area contributed by atoms with Crippen molar-refractivity contribution in [3.63, 3.8) is 0 Å². The lowest BCUT2D eigenvalue weighted by molar-refractivity contribution is -0.135. The molecule has 10 nitrogen and oxygen atoms in total. The predicted octanol–water partition coefficient (Wildman–Crippen LogP) is 3.32. The van der Waals surface area contributed by atoms with E-state index >= 15 is 0 Å². The second kappa shape index (κ2) is 14.0. The summed E-state index contributed by atoms with van der Waals surface area (Å²) in [6.07, 6.45) is 12.0. The molecule has 4 rings (SSSR count). The quantitative estimate of drug-likeness (QED) is 0.230. The van der Waals surface area contributed by atoms with Crippen molar-refractivity contribution < 1.29 is 14.0 Å². The van der Waals surface area contributed by atoms with Crippen LogP contribution in [0.2, 0.25) is 0 Å². The molecule has 2 aromatic rings. The Labute approximate surface area is 241 Å². The molecule has 2 saturated carbocycles. The molecule has 0 spiro atoms. The van der Waals surface area contributed by atoms with E-state index in [1.165, 1.54) is 23.2 Å². The van der Waals surface area contributed by atoms with Crippen LogP contribution in [0, 0.1) is 23.7 Å². The van der Waals surface area contributed by atoms with Crippen molar-refractivity contribution in [1.29, 1.82) is 0 Å². The monoisotopic (exact) mass is 562 g/mol. The van der Waals surface area contributed by atoms with Crippen molar-refractivity contribution in [3.05, 3.63) is 48.2 Å². The maximum atomic E-state index is 13.5. The summed E-state index contributed by atoms with van der Waals surface area (Å²) < 4.78 is 13.5. The molecule has 2 amide bonds. The summed E-state index contributed by atoms with van der Waals surface area (Å²) in [6.45, 7) is 2.40. The van der Waals surface area contributed by atoms with Gasteiger partial charge in [-0.25, -0.2) is 9.97 Å². The molecule has 0 radical (unpaired) electrons. The van der Waals surface area contributed by atoms with Crippen LogP contribution in [0.25, 0.3) is 0 Å². The number of pyridine rings is 1. The minimum absolute atomic E-state index is 0.00146. The van der Waals surface area contributed by atoms with Crippen molar-refractivity contribution in [2.45, 2.75) is 63.6 Å². The van der Waals surface area contributed by atoms with E-state index in [-0.39, 0.29) is 23.8 Å². The number of amides is 2. The third-order valence-electron chi connectivity index (χ3n) is 7.16. The molecule has 11 heteroatoms. The van der Waals surface area contributed by atoms with Crippen LogP contribution in [-0.4, -0.2) is 82.4 Å². The summed E-state index contributed by atoms with van der Waals surface area (Å²) in [4.78, 5) is 41.3. The molecule has 2 fully saturated rings. The average Bonchev–Trinajstić information content (AvgIpc) is 3.76. The van der Waals surface area contributed by atoms with Crippen LogP contribution < -0.4 is 16.0 Å². The van der Waals surface area contributed by atoms with Gasteiger partial charge >= 0.3 is 0 Å². The lowest BCUT2D eigenvalue weighted by Crippen LogP contribution is -2.49. The summed E-state index contributed by atoms with van der Waals surface area (Å²) in [7, 11) is 5.50. The van der Waals surface area contributed by atoms with Gasteiger partial charge in [-0.1, -0.05) is 24.3 Å². The number of hydrogen-bond acceptors (Lipinski definition) is 8. The molecule has 2 heterocycles. The third-order valence-corrected chi connectivity index (χ3v) is 7.16. The lowest BCUT2D eigenvalue weighted by atomic mass is 9.86. The molecule has 218 valence electrons. The maximum absolute atomic E-state index is 13.5. The highest BCUT2D eigenvalue weighted by molar-refractivity contribution is 5.92. The molecule has 2 aliphatic carbocycles. The molecular weight excluding hydrogens is 523 g/mol. The van der Waals surface area contributed by atoms with Gasteiger partial charge in [0.25, 0.3) is 0 Å². The van der Waals surface area contributed by atoms with Gasteiger partial charge in [0.1, 0.15) is 11.9 Å². The minimum atomic E-state index is -0.585. The Kier molecular flexibility index (Phi) is 10.2. The molecule has 0 aromatic carbocycles. The first-order valence-corrected chi connectivity index (χ1v) is 14.1. The molecule has 0 unspecified atom stereocenters. The number of aromatic nitrogens is 3. The Morgan fingerprint density at radius 1 is 1.17 bits per heavy atom. The number of nitrogens with zero attached hydrogens (tertiary/aromatic N) is 5. The molecule has 3 atom stereocenters. The van der Waals surface area contributed by atoms with Crippen LogP contribution in [0.4, 0.5) is 21.8 Å². The summed E-state index contributed by atoms with van der Waals surface area (Å²) >= 11 is 0. The number of carbonyl (C=O) groups is 2. The van der Waals surface area contributed by atoms with E-state index in [0.717, 1.165) is 38.5 Å². The van der Waals surface area contributed by atoms with Crippen LogP contribution >= 0.6 is 0 Å². The highest BCUT2D eigenvalue weighted by Gasteiger charge is 2.27. The predicted molar refractivity (Wildman–Crippen MR) is 157 cm³/mol. The number of carbonyl (C=O) groups excluding carboxylic acids is 2. The minimum Gasteiger partial charge on any atom is -0.366 e. The largest absolute Gasteiger partial charge is 0.366 e. The molecule has 2 aliphatic rings. The van der Waals surface area contributed by atoms with Crippen LogP contribution in [-0.2, 0) is 9.59 Å². The fraction of sp³-hybridized carbons (Fsp3) is 0.500. The summed E-state index contributed by atoms with van der Waals surface area (Å²) in [5, 5.41) is 9.56. The van der Waals surface area contributed by atoms with Gasteiger partial charge in [-0.15, -0.1) is 0 Å². The molecule has 41 heavy (non-hydrogen) atoms. The second-order valence-electron chi connectivity index (χ2n) is 11.0. The number of hydrogen-bond donors (Lipinski definition) is 3. The van der Waals surface area contributed by atoms with Gasteiger partial charge in [0.15, 0.2) is 0 Å². The van der Waals surface area contributed by atoms with Crippen LogP contribution in [0.5, 0.6) is 0 Å². The maximum Gasteiger partial charge on any atom is 0.246 e. The van der Waals surface area contributed by atoms with Crippen molar-refractivity contribution in [1.82, 2.24) is 30.1 Å². The van der Waals surface area contributed by atoms with Crippen LogP contribution in [0.1, 0.15) is 51.0 Å². The fourth-order valence-electron chi connectivity index (χ4n) is 4.48. The second-order valence-corrected chi connectivity index (χ2v) is 11.0. The van der Waals surface area contributed by atoms with Crippen molar-refractivity contribution >= 4 is 29.3 Å². The Morgan fingerprint density at radius 3 is 2.71 bits per heavy atom. The van der Waals surface area contributed by atoms with Gasteiger partial charge in [0.05, 0.1) is 11.8 Å². The standard InChI is InChI=1S/C30H39FN8O2/c1-20(39(4)27(40)9-6-16-38(2)3)29(41)35-24-8-5-7-21(17-24)10-11-22-19-33-30(37-28(22)34-23-12-13-23)36-25-14-15-32-26(31)18-25/h6,9,14-15,18-21,23-24H,5,7-8,12-13,16-17H2,1-4H3,(H,35,41)(H2,32,33,34,36,37)/b9-6+/t20-,21-,24-/m0/s1. The van der Waals surface area contributed by atoms with Gasteiger partial charge in [-0.3, -0.25) is 9.59 Å². The number of rotatable bonds is 10. The van der Waals surface area contributed by atoms with E-state index < -0.39 is 12.0 Å². The third kappa shape index (κ3) is 9.25. The zero-order valence-corrected chi connectivity index (χ0v) is 24.2. The zero-order valence-electron chi connectivity index (χ0n) is 24.2. The van der Waals surface area contributed by atoms with E-state index in [0.29, 0.717) is 35.6 Å². The molecule has 0 saturated heterocycles. The van der Waals surface area contributed by atoms with Crippen molar-refractivity contribution in [2.75, 3.05) is 38.3 Å². The number of nitrogens with one attached hydrogen (secondary N) is 3. The van der Waals surface area contributed by atoms with E-state index in [1.807, 2.05) is 19.0 Å². The molecule has 0 bridgehead atoms. The number of anilines is 3. The number of likely N-dealkylation sites (N-methyl/N-ethyl adjacent to an activating group) is 2. The molecule has 3 N–H and O–H groups in total. The van der Waals surface area contributed by atoms with E-state index in [9.17, 15) is 14.0 Å². The van der Waals surface area contributed by atoms with Gasteiger partial charge in [0, 0.05) is 55.6 Å². The SMILES string of the molecule is C[C@@H](C(=O)N[C@H]1CCC[C@@H](C#Cc2cnc(Nc3ccnc(F)c3)nc2NC2CC2)C1)N(C)C(=O)/C=C/CN(C)C. The molecule has 2 aromatic heterocycles. The number of halogens is 1. The first-order chi connectivity index (χ1) is 19.7. The Hall–Kier alpha value is -4.04. The Morgan fingerprint density at radius 2 is 1.98 bits per heavy atom. The highest BCUT2D eigenvalue weighted by atomic mass is 19.1. The fourth-order valence-corrected chi connectivity index (χ4v) is 4.48. The zero-order chi connectivity index (χ0) is 29.4. The van der Waals surface area contributed by atoms with Crippen LogP contribution in [0.15, 0.2) is 36.7 Å². The topological polar surface area (TPSA) is 115 Å². The van der Waals surface area contributed by atoms with Crippen molar-refractivity contribution in [3.8, 4) is 11.8 Å². The summed E-state index contributed by atoms with van der Waals surface area (Å²) in [5.74, 6) is 6.79. The highest BCUT2D eigenvalue weighted by Crippen LogP contribution is 2.27. The molecule has 0 aliphatic heterocycles. The van der Waals surface area contributed by atoms with Gasteiger partial charge in [0.2, 0.25) is 23.7 Å². The van der Waals surface area contributed by atoms with E-state index in [4.69, 9.17) is 0 Å². The molecular formula is C30H39FN8O2. The van der Waals surface area contributed by atoms with Crippen LogP contribution in [0.3, 0.4) is 0 Å². The normalized spacial score (nSPS) is 19.3. The first-order valence-electron chi connectivity index (χ1n) is 14.1. The van der Waals surface area contributed by atoms with E-state index in [1.54, 1.807) is 32.3 Å². The summed E-state index contributed by atoms with van der Waals surface area (Å²) in [5.41, 5.74) is 1.21. The smallest absolute Gasteiger partial charge is 0.246 e. The average molecular weight is 563 g/mol.